The normalized spacial score (nSPS) is 12.3. The van der Waals surface area contributed by atoms with E-state index in [9.17, 15) is 26.4 Å². The first-order valence-electron chi connectivity index (χ1n) is 8.06. The lowest BCUT2D eigenvalue weighted by Crippen LogP contribution is -2.30. The number of halogens is 3. The third kappa shape index (κ3) is 4.70. The lowest BCUT2D eigenvalue weighted by Gasteiger charge is -2.07. The molecular formula is C16H14F3N5O4S. The number of hydrogen-bond acceptors (Lipinski definition) is 6. The highest BCUT2D eigenvalue weighted by molar-refractivity contribution is 7.89. The van der Waals surface area contributed by atoms with Crippen molar-refractivity contribution in [1.82, 2.24) is 19.3 Å². The van der Waals surface area contributed by atoms with Gasteiger partial charge in [-0.15, -0.1) is 0 Å². The fourth-order valence-corrected chi connectivity index (χ4v) is 3.44. The van der Waals surface area contributed by atoms with E-state index in [2.05, 4.69) is 14.8 Å². The zero-order valence-corrected chi connectivity index (χ0v) is 15.3. The highest BCUT2D eigenvalue weighted by atomic mass is 32.2. The zero-order chi connectivity index (χ0) is 21.2. The number of nitrogens with one attached hydrogen (secondary N) is 2. The molecule has 3 aromatic rings. The molecule has 2 aromatic heterocycles. The third-order valence-electron chi connectivity index (χ3n) is 3.66. The number of aromatic nitrogens is 3. The largest absolute Gasteiger partial charge is 0.471 e. The van der Waals surface area contributed by atoms with Gasteiger partial charge < -0.3 is 10.4 Å². The van der Waals surface area contributed by atoms with Crippen molar-refractivity contribution in [3.8, 4) is 11.3 Å². The van der Waals surface area contributed by atoms with E-state index in [0.717, 1.165) is 10.7 Å². The van der Waals surface area contributed by atoms with Crippen LogP contribution >= 0.6 is 0 Å². The molecule has 0 aliphatic heterocycles. The molecule has 0 spiro atoms. The maximum atomic E-state index is 12.4. The SMILES string of the molecule is O=C(Nc1cn2nc(-c3cccc(S(=O)(=O)NCCO)c3)ccc2n1)C(F)(F)F. The Morgan fingerprint density at radius 1 is 1.21 bits per heavy atom. The van der Waals surface area contributed by atoms with Gasteiger partial charge in [0.15, 0.2) is 11.5 Å². The van der Waals surface area contributed by atoms with Gasteiger partial charge in [-0.25, -0.2) is 22.6 Å². The molecule has 0 fully saturated rings. The number of carbonyl (C=O) groups excluding carboxylic acids is 1. The average molecular weight is 429 g/mol. The van der Waals surface area contributed by atoms with Crippen LogP contribution in [-0.4, -0.2) is 53.4 Å². The molecular weight excluding hydrogens is 415 g/mol. The van der Waals surface area contributed by atoms with Crippen LogP contribution < -0.4 is 10.0 Å². The number of anilines is 1. The summed E-state index contributed by atoms with van der Waals surface area (Å²) >= 11 is 0. The van der Waals surface area contributed by atoms with Crippen molar-refractivity contribution in [2.24, 2.45) is 0 Å². The number of aliphatic hydroxyl groups excluding tert-OH is 1. The summed E-state index contributed by atoms with van der Waals surface area (Å²) in [5.74, 6) is -2.49. The van der Waals surface area contributed by atoms with Crippen LogP contribution in [0.1, 0.15) is 0 Å². The van der Waals surface area contributed by atoms with Crippen molar-refractivity contribution in [3.05, 3.63) is 42.6 Å². The molecule has 1 aromatic carbocycles. The maximum absolute atomic E-state index is 12.4. The van der Waals surface area contributed by atoms with Crippen molar-refractivity contribution >= 4 is 27.4 Å². The number of imidazole rings is 1. The maximum Gasteiger partial charge on any atom is 0.471 e. The van der Waals surface area contributed by atoms with Gasteiger partial charge in [-0.3, -0.25) is 4.79 Å². The van der Waals surface area contributed by atoms with Gasteiger partial charge in [0, 0.05) is 12.1 Å². The number of hydrogen-bond donors (Lipinski definition) is 3. The summed E-state index contributed by atoms with van der Waals surface area (Å²) in [5, 5.41) is 14.6. The Morgan fingerprint density at radius 2 is 1.97 bits per heavy atom. The van der Waals surface area contributed by atoms with Crippen LogP contribution in [0.3, 0.4) is 0 Å². The molecule has 0 saturated carbocycles. The van der Waals surface area contributed by atoms with Gasteiger partial charge in [-0.1, -0.05) is 12.1 Å². The summed E-state index contributed by atoms with van der Waals surface area (Å²) in [5.41, 5.74) is 0.927. The average Bonchev–Trinajstić information content (AvgIpc) is 3.07. The molecule has 0 atom stereocenters. The molecule has 1 amide bonds. The molecule has 0 saturated heterocycles. The number of carbonyl (C=O) groups is 1. The second-order valence-electron chi connectivity index (χ2n) is 5.75. The first-order valence-corrected chi connectivity index (χ1v) is 9.54. The van der Waals surface area contributed by atoms with Gasteiger partial charge in [-0.05, 0) is 24.3 Å². The summed E-state index contributed by atoms with van der Waals surface area (Å²) in [6.45, 7) is -0.497. The van der Waals surface area contributed by atoms with Crippen molar-refractivity contribution < 1.29 is 31.5 Å². The number of benzene rings is 1. The number of fused-ring (bicyclic) bond motifs is 1. The lowest BCUT2D eigenvalue weighted by atomic mass is 10.1. The summed E-state index contributed by atoms with van der Waals surface area (Å²) in [6, 6.07) is 8.78. The zero-order valence-electron chi connectivity index (χ0n) is 14.5. The van der Waals surface area contributed by atoms with E-state index in [1.165, 1.54) is 30.3 Å². The minimum absolute atomic E-state index is 0.0471. The molecule has 3 N–H and O–H groups in total. The summed E-state index contributed by atoms with van der Waals surface area (Å²) in [4.78, 5) is 14.8. The van der Waals surface area contributed by atoms with Gasteiger partial charge in [0.2, 0.25) is 10.0 Å². The number of sulfonamides is 1. The van der Waals surface area contributed by atoms with E-state index in [0.29, 0.717) is 11.3 Å². The molecule has 154 valence electrons. The van der Waals surface area contributed by atoms with Gasteiger partial charge in [0.05, 0.1) is 23.4 Å². The van der Waals surface area contributed by atoms with Gasteiger partial charge in [0.1, 0.15) is 0 Å². The predicted octanol–water partition coefficient (Wildman–Crippen LogP) is 1.17. The first-order chi connectivity index (χ1) is 13.6. The quantitative estimate of drug-likeness (QED) is 0.540. The Hall–Kier alpha value is -3.03. The van der Waals surface area contributed by atoms with E-state index in [1.807, 2.05) is 0 Å². The Morgan fingerprint density at radius 3 is 2.66 bits per heavy atom. The number of aliphatic hydroxyl groups is 1. The Balaban J connectivity index is 1.91. The van der Waals surface area contributed by atoms with Crippen LogP contribution in [0.2, 0.25) is 0 Å². The first kappa shape index (κ1) is 20.7. The van der Waals surface area contributed by atoms with Crippen molar-refractivity contribution in [3.63, 3.8) is 0 Å². The second-order valence-corrected chi connectivity index (χ2v) is 7.52. The van der Waals surface area contributed by atoms with E-state index in [1.54, 1.807) is 11.4 Å². The summed E-state index contributed by atoms with van der Waals surface area (Å²) in [7, 11) is -3.83. The molecule has 3 rings (SSSR count). The molecule has 0 radical (unpaired) electrons. The third-order valence-corrected chi connectivity index (χ3v) is 5.12. The van der Waals surface area contributed by atoms with Crippen molar-refractivity contribution in [2.75, 3.05) is 18.5 Å². The molecule has 0 aliphatic rings. The molecule has 2 heterocycles. The van der Waals surface area contributed by atoms with Crippen molar-refractivity contribution in [1.29, 1.82) is 0 Å². The van der Waals surface area contributed by atoms with Gasteiger partial charge in [-0.2, -0.15) is 18.3 Å². The molecule has 9 nitrogen and oxygen atoms in total. The van der Waals surface area contributed by atoms with Gasteiger partial charge in [0.25, 0.3) is 0 Å². The van der Waals surface area contributed by atoms with E-state index >= 15 is 0 Å². The monoisotopic (exact) mass is 429 g/mol. The Labute approximate surface area is 162 Å². The Bertz CT molecular complexity index is 1160. The fourth-order valence-electron chi connectivity index (χ4n) is 2.37. The van der Waals surface area contributed by atoms with E-state index in [-0.39, 0.29) is 29.5 Å². The molecule has 0 unspecified atom stereocenters. The van der Waals surface area contributed by atoms with Crippen LogP contribution in [-0.2, 0) is 14.8 Å². The smallest absolute Gasteiger partial charge is 0.395 e. The standard InChI is InChI=1S/C16H14F3N5O4S/c17-16(18,19)15(26)22-13-9-24-14(21-13)5-4-12(23-24)10-2-1-3-11(8-10)29(27,28)20-6-7-25/h1-5,8-9,20,25H,6-7H2,(H,22,26). The number of alkyl halides is 3. The Kier molecular flexibility index (Phi) is 5.55. The van der Waals surface area contributed by atoms with E-state index < -0.39 is 22.1 Å². The lowest BCUT2D eigenvalue weighted by molar-refractivity contribution is -0.167. The minimum Gasteiger partial charge on any atom is -0.395 e. The number of amides is 1. The summed E-state index contributed by atoms with van der Waals surface area (Å²) in [6.07, 6.45) is -3.95. The van der Waals surface area contributed by atoms with E-state index in [4.69, 9.17) is 5.11 Å². The second kappa shape index (κ2) is 7.77. The molecule has 0 aliphatic carbocycles. The number of rotatable bonds is 6. The van der Waals surface area contributed by atoms with Gasteiger partial charge >= 0.3 is 12.1 Å². The van der Waals surface area contributed by atoms with Crippen LogP contribution in [0.5, 0.6) is 0 Å². The van der Waals surface area contributed by atoms with Crippen LogP contribution in [0.25, 0.3) is 16.9 Å². The molecule has 13 heteroatoms. The van der Waals surface area contributed by atoms with Crippen LogP contribution in [0.15, 0.2) is 47.5 Å². The molecule has 29 heavy (non-hydrogen) atoms. The highest BCUT2D eigenvalue weighted by Crippen LogP contribution is 2.22. The van der Waals surface area contributed by atoms with Crippen LogP contribution in [0, 0.1) is 0 Å². The van der Waals surface area contributed by atoms with Crippen LogP contribution in [0.4, 0.5) is 19.0 Å². The topological polar surface area (TPSA) is 126 Å². The molecule has 0 bridgehead atoms. The number of nitrogens with zero attached hydrogens (tertiary/aromatic N) is 3. The summed E-state index contributed by atoms with van der Waals surface area (Å²) < 4.78 is 64.8. The minimum atomic E-state index is -5.05. The predicted molar refractivity (Wildman–Crippen MR) is 95.4 cm³/mol. The highest BCUT2D eigenvalue weighted by Gasteiger charge is 2.39. The fraction of sp³-hybridized carbons (Fsp3) is 0.188. The van der Waals surface area contributed by atoms with Crippen molar-refractivity contribution in [2.45, 2.75) is 11.1 Å².